The number of benzene rings is 1. The fourth-order valence-electron chi connectivity index (χ4n) is 5.89. The van der Waals surface area contributed by atoms with E-state index in [1.165, 1.54) is 0 Å². The van der Waals surface area contributed by atoms with E-state index in [-0.39, 0.29) is 18.2 Å². The first kappa shape index (κ1) is 34.3. The minimum Gasteiger partial charge on any atom is -0.376 e. The molecule has 3 aromatic heterocycles. The maximum atomic E-state index is 13.8. The second-order valence-corrected chi connectivity index (χ2v) is 12.1. The monoisotopic (exact) mass is 650 g/mol. The Labute approximate surface area is 283 Å². The van der Waals surface area contributed by atoms with Crippen LogP contribution in [0.5, 0.6) is 0 Å². The van der Waals surface area contributed by atoms with Crippen molar-refractivity contribution in [2.75, 3.05) is 35.2 Å². The fourth-order valence-corrected chi connectivity index (χ4v) is 5.89. The van der Waals surface area contributed by atoms with Gasteiger partial charge in [-0.3, -0.25) is 9.58 Å². The summed E-state index contributed by atoms with van der Waals surface area (Å²) in [6, 6.07) is 15.8. The summed E-state index contributed by atoms with van der Waals surface area (Å²) in [5.74, 6) is 1.62. The number of hydrogen-bond donors (Lipinski definition) is 3. The molecule has 252 valence electrons. The molecule has 2 atom stereocenters. The van der Waals surface area contributed by atoms with Gasteiger partial charge in [0.25, 0.3) is 0 Å². The van der Waals surface area contributed by atoms with E-state index in [9.17, 15) is 10.1 Å². The number of hydrogen-bond acceptors (Lipinski definition) is 9. The molecule has 3 N–H and O–H groups in total. The molecule has 48 heavy (non-hydrogen) atoms. The Morgan fingerprint density at radius 2 is 1.94 bits per heavy atom. The van der Waals surface area contributed by atoms with Crippen molar-refractivity contribution in [1.82, 2.24) is 30.0 Å². The number of pyridine rings is 1. The van der Waals surface area contributed by atoms with Crippen LogP contribution in [0, 0.1) is 11.3 Å². The van der Waals surface area contributed by atoms with Crippen LogP contribution >= 0.6 is 0 Å². The molecule has 4 aromatic rings. The van der Waals surface area contributed by atoms with Crippen LogP contribution in [0.15, 0.2) is 67.3 Å². The number of carbonyl (C=O) groups is 1. The van der Waals surface area contributed by atoms with Gasteiger partial charge in [0.1, 0.15) is 23.3 Å². The first-order chi connectivity index (χ1) is 23.5. The third-order valence-electron chi connectivity index (χ3n) is 8.45. The summed E-state index contributed by atoms with van der Waals surface area (Å²) in [6.07, 6.45) is 14.8. The Morgan fingerprint density at radius 1 is 1.06 bits per heavy atom. The lowest BCUT2D eigenvalue weighted by atomic mass is 10.0. The molecule has 0 spiro atoms. The predicted octanol–water partition coefficient (Wildman–Crippen LogP) is 6.29. The van der Waals surface area contributed by atoms with Crippen LogP contribution in [-0.4, -0.2) is 62.6 Å². The molecule has 12 nitrogen and oxygen atoms in total. The highest BCUT2D eigenvalue weighted by atomic mass is 16.5. The number of aryl methyl sites for hydroxylation is 1. The minimum atomic E-state index is -0.165. The van der Waals surface area contributed by atoms with Crippen LogP contribution in [-0.2, 0) is 18.3 Å². The van der Waals surface area contributed by atoms with Gasteiger partial charge < -0.3 is 20.7 Å². The molecular weight excluding hydrogens is 604 g/mol. The highest BCUT2D eigenvalue weighted by Gasteiger charge is 2.26. The topological polar surface area (TPSA) is 146 Å². The third-order valence-corrected chi connectivity index (χ3v) is 8.45. The van der Waals surface area contributed by atoms with Crippen molar-refractivity contribution in [3.8, 4) is 17.2 Å². The molecular formula is C36H46N10O2. The number of urea groups is 1. The van der Waals surface area contributed by atoms with Crippen LogP contribution in [0.4, 0.5) is 22.4 Å². The summed E-state index contributed by atoms with van der Waals surface area (Å²) >= 11 is 0. The lowest BCUT2D eigenvalue weighted by Gasteiger charge is -2.31. The Kier molecular flexibility index (Phi) is 12.7. The highest BCUT2D eigenvalue weighted by molar-refractivity contribution is 5.91. The quantitative estimate of drug-likeness (QED) is 0.119. The summed E-state index contributed by atoms with van der Waals surface area (Å²) in [5, 5.41) is 23.5. The predicted molar refractivity (Wildman–Crippen MR) is 187 cm³/mol. The van der Waals surface area contributed by atoms with Crippen molar-refractivity contribution >= 4 is 23.6 Å². The Morgan fingerprint density at radius 3 is 2.65 bits per heavy atom. The molecule has 1 fully saturated rings. The molecule has 0 saturated carbocycles. The highest BCUT2D eigenvalue weighted by Crippen LogP contribution is 2.25. The number of nitriles is 1. The van der Waals surface area contributed by atoms with Gasteiger partial charge >= 0.3 is 6.03 Å². The molecule has 0 radical (unpaired) electrons. The number of amides is 2. The first-order valence-electron chi connectivity index (χ1n) is 17.0. The molecule has 2 unspecified atom stereocenters. The molecule has 0 bridgehead atoms. The summed E-state index contributed by atoms with van der Waals surface area (Å²) < 4.78 is 7.57. The maximum Gasteiger partial charge on any atom is 0.323 e. The summed E-state index contributed by atoms with van der Waals surface area (Å²) in [6.45, 7) is 4.62. The number of ether oxygens (including phenoxy) is 1. The molecule has 4 heterocycles. The van der Waals surface area contributed by atoms with Crippen molar-refractivity contribution in [1.29, 1.82) is 5.26 Å². The van der Waals surface area contributed by atoms with Gasteiger partial charge in [-0.25, -0.2) is 14.8 Å². The number of anilines is 3. The lowest BCUT2D eigenvalue weighted by molar-refractivity contribution is 0.0247. The maximum absolute atomic E-state index is 13.8. The van der Waals surface area contributed by atoms with E-state index in [1.54, 1.807) is 17.1 Å². The zero-order valence-corrected chi connectivity index (χ0v) is 27.9. The van der Waals surface area contributed by atoms with Crippen molar-refractivity contribution in [3.63, 3.8) is 0 Å². The Balaban J connectivity index is 1.21. The Hall–Kier alpha value is -5.02. The van der Waals surface area contributed by atoms with Gasteiger partial charge in [0, 0.05) is 62.9 Å². The fraction of sp³-hybridized carbons (Fsp3) is 0.444. The molecule has 5 rings (SSSR count). The number of carbonyl (C=O) groups excluding carboxylic acids is 1. The Bertz CT molecular complexity index is 1610. The minimum absolute atomic E-state index is 0.0357. The lowest BCUT2D eigenvalue weighted by Crippen LogP contribution is -2.46. The second kappa shape index (κ2) is 17.8. The molecule has 1 aliphatic heterocycles. The normalized spacial score (nSPS) is 14.9. The summed E-state index contributed by atoms with van der Waals surface area (Å²) in [4.78, 5) is 29.3. The molecule has 12 heteroatoms. The van der Waals surface area contributed by atoms with E-state index < -0.39 is 0 Å². The number of aromatic nitrogens is 5. The van der Waals surface area contributed by atoms with Crippen LogP contribution in [0.1, 0.15) is 69.4 Å². The number of nitrogens with one attached hydrogen (secondary N) is 3. The smallest absolute Gasteiger partial charge is 0.323 e. The zero-order valence-electron chi connectivity index (χ0n) is 27.9. The molecule has 1 aromatic carbocycles. The van der Waals surface area contributed by atoms with Crippen molar-refractivity contribution < 1.29 is 9.53 Å². The molecule has 2 amide bonds. The van der Waals surface area contributed by atoms with Gasteiger partial charge in [-0.1, -0.05) is 43.7 Å². The third kappa shape index (κ3) is 9.75. The van der Waals surface area contributed by atoms with Crippen molar-refractivity contribution in [2.24, 2.45) is 7.05 Å². The average molecular weight is 651 g/mol. The van der Waals surface area contributed by atoms with E-state index in [0.717, 1.165) is 74.7 Å². The van der Waals surface area contributed by atoms with E-state index in [0.29, 0.717) is 42.8 Å². The largest absolute Gasteiger partial charge is 0.376 e. The van der Waals surface area contributed by atoms with Gasteiger partial charge in [-0.05, 0) is 62.6 Å². The number of rotatable bonds is 16. The van der Waals surface area contributed by atoms with Crippen LogP contribution in [0.25, 0.3) is 11.1 Å². The van der Waals surface area contributed by atoms with E-state index in [2.05, 4.69) is 44.0 Å². The van der Waals surface area contributed by atoms with Gasteiger partial charge in [-0.2, -0.15) is 15.3 Å². The number of nitrogens with zero attached hydrogens (tertiary/aromatic N) is 7. The van der Waals surface area contributed by atoms with Crippen LogP contribution in [0.3, 0.4) is 0 Å². The first-order valence-corrected chi connectivity index (χ1v) is 17.0. The second-order valence-electron chi connectivity index (χ2n) is 12.1. The van der Waals surface area contributed by atoms with Crippen LogP contribution < -0.4 is 20.9 Å². The number of unbranched alkanes of at least 4 members (excludes halogenated alkanes) is 1. The summed E-state index contributed by atoms with van der Waals surface area (Å²) in [5.41, 5.74) is 3.36. The van der Waals surface area contributed by atoms with Gasteiger partial charge in [-0.15, -0.1) is 0 Å². The van der Waals surface area contributed by atoms with E-state index in [1.807, 2.05) is 66.8 Å². The molecule has 1 saturated heterocycles. The van der Waals surface area contributed by atoms with E-state index >= 15 is 0 Å². The van der Waals surface area contributed by atoms with E-state index in [4.69, 9.17) is 9.72 Å². The van der Waals surface area contributed by atoms with Gasteiger partial charge in [0.15, 0.2) is 0 Å². The molecule has 1 aliphatic rings. The molecule has 0 aliphatic carbocycles. The van der Waals surface area contributed by atoms with Crippen LogP contribution in [0.2, 0.25) is 0 Å². The SMILES string of the molecule is CCCC(CCCCNc1ncc(C#N)c(NCC2CCCCO2)n1)N(C(=O)NCc1ccccc1)c1ccc(-c2cnn(C)c2)cn1. The summed E-state index contributed by atoms with van der Waals surface area (Å²) in [7, 11) is 1.88. The standard InChI is InChI=1S/C36H46N10O2/c1-3-11-31(14-7-9-18-38-35-41-23-29(20-37)34(44-35)40-25-32-15-8-10-19-48-32)46(36(47)42-21-27-12-5-4-6-13-27)33-17-16-28(22-39-33)30-24-43-45(2)26-30/h4-6,12-13,16-17,22-24,26,31-32H,3,7-11,14-15,18-19,21,25H2,1-2H3,(H,42,47)(H2,38,40,41,44). The average Bonchev–Trinajstić information content (AvgIpc) is 3.57. The van der Waals surface area contributed by atoms with Gasteiger partial charge in [0.05, 0.1) is 18.5 Å². The van der Waals surface area contributed by atoms with Gasteiger partial charge in [0.2, 0.25) is 5.95 Å². The van der Waals surface area contributed by atoms with Crippen molar-refractivity contribution in [3.05, 3.63) is 78.4 Å². The van der Waals surface area contributed by atoms with Crippen molar-refractivity contribution in [2.45, 2.75) is 77.0 Å². The zero-order chi connectivity index (χ0) is 33.6.